The third kappa shape index (κ3) is 4.89. The largest absolute Gasteiger partial charge is 0.369 e. The number of hydrogen-bond donors (Lipinski definition) is 3. The lowest BCUT2D eigenvalue weighted by Gasteiger charge is -2.06. The van der Waals surface area contributed by atoms with E-state index in [0.717, 1.165) is 0 Å². The van der Waals surface area contributed by atoms with Crippen molar-refractivity contribution in [2.45, 2.75) is 19.8 Å². The molecule has 4 N–H and O–H groups in total. The summed E-state index contributed by atoms with van der Waals surface area (Å²) in [5.41, 5.74) is 6.56. The molecule has 0 bridgehead atoms. The van der Waals surface area contributed by atoms with E-state index in [1.54, 1.807) is 36.6 Å². The third-order valence-electron chi connectivity index (χ3n) is 2.86. The minimum absolute atomic E-state index is 0.0326. The van der Waals surface area contributed by atoms with Crippen molar-refractivity contribution in [3.63, 3.8) is 0 Å². The van der Waals surface area contributed by atoms with E-state index in [4.69, 9.17) is 5.73 Å². The fourth-order valence-electron chi connectivity index (χ4n) is 1.78. The van der Waals surface area contributed by atoms with Crippen LogP contribution in [-0.4, -0.2) is 22.7 Å². The van der Waals surface area contributed by atoms with Crippen molar-refractivity contribution in [2.75, 3.05) is 10.6 Å². The van der Waals surface area contributed by atoms with Gasteiger partial charge in [-0.25, -0.2) is 4.98 Å². The quantitative estimate of drug-likeness (QED) is 0.748. The Morgan fingerprint density at radius 1 is 1.26 bits per heavy atom. The Labute approximate surface area is 136 Å². The number of aromatic nitrogens is 1. The molecular weight excluding hydrogens is 316 g/mol. The molecule has 8 heteroatoms. The second kappa shape index (κ2) is 7.50. The summed E-state index contributed by atoms with van der Waals surface area (Å²) in [6, 6.07) is 6.61. The normalized spacial score (nSPS) is 10.1. The molecule has 2 aromatic rings. The van der Waals surface area contributed by atoms with Crippen molar-refractivity contribution >= 4 is 39.9 Å². The fraction of sp³-hybridized carbons (Fsp3) is 0.200. The zero-order chi connectivity index (χ0) is 16.8. The molecule has 1 heterocycles. The van der Waals surface area contributed by atoms with E-state index in [-0.39, 0.29) is 18.2 Å². The lowest BCUT2D eigenvalue weighted by atomic mass is 10.2. The van der Waals surface area contributed by atoms with Gasteiger partial charge >= 0.3 is 0 Å². The maximum absolute atomic E-state index is 12.2. The topological polar surface area (TPSA) is 114 Å². The van der Waals surface area contributed by atoms with Gasteiger partial charge in [-0.15, -0.1) is 11.3 Å². The molecule has 0 spiro atoms. The van der Waals surface area contributed by atoms with Gasteiger partial charge in [0.25, 0.3) is 5.91 Å². The number of nitrogens with two attached hydrogens (primary N) is 1. The molecule has 2 rings (SSSR count). The summed E-state index contributed by atoms with van der Waals surface area (Å²) in [6.45, 7) is 1.75. The molecule has 0 atom stereocenters. The monoisotopic (exact) mass is 332 g/mol. The van der Waals surface area contributed by atoms with Crippen LogP contribution in [0.2, 0.25) is 0 Å². The number of thiazole rings is 1. The molecule has 23 heavy (non-hydrogen) atoms. The second-order valence-corrected chi connectivity index (χ2v) is 5.58. The number of amides is 3. The van der Waals surface area contributed by atoms with E-state index >= 15 is 0 Å². The van der Waals surface area contributed by atoms with Crippen LogP contribution in [0.4, 0.5) is 10.8 Å². The van der Waals surface area contributed by atoms with Gasteiger partial charge in [-0.3, -0.25) is 19.7 Å². The number of carbonyl (C=O) groups is 3. The smallest absolute Gasteiger partial charge is 0.257 e. The Morgan fingerprint density at radius 3 is 2.74 bits per heavy atom. The molecule has 3 amide bonds. The number of anilines is 2. The first kappa shape index (κ1) is 16.6. The Balaban J connectivity index is 2.05. The highest BCUT2D eigenvalue weighted by atomic mass is 32.1. The first-order chi connectivity index (χ1) is 11.0. The summed E-state index contributed by atoms with van der Waals surface area (Å²) in [5.74, 6) is -0.955. The summed E-state index contributed by atoms with van der Waals surface area (Å²) in [6.07, 6.45) is 0.392. The first-order valence-corrected chi connectivity index (χ1v) is 7.80. The van der Waals surface area contributed by atoms with Crippen LogP contribution in [0.15, 0.2) is 29.6 Å². The van der Waals surface area contributed by atoms with Crippen molar-refractivity contribution in [3.8, 4) is 0 Å². The lowest BCUT2D eigenvalue weighted by molar-refractivity contribution is -0.117. The summed E-state index contributed by atoms with van der Waals surface area (Å²) >= 11 is 1.21. The van der Waals surface area contributed by atoms with Gasteiger partial charge in [0.05, 0.1) is 12.1 Å². The predicted molar refractivity (Wildman–Crippen MR) is 88.3 cm³/mol. The third-order valence-corrected chi connectivity index (χ3v) is 3.66. The zero-order valence-corrected chi connectivity index (χ0v) is 13.3. The van der Waals surface area contributed by atoms with Gasteiger partial charge in [0.2, 0.25) is 11.8 Å². The summed E-state index contributed by atoms with van der Waals surface area (Å²) in [5, 5.41) is 7.39. The van der Waals surface area contributed by atoms with Crippen molar-refractivity contribution in [3.05, 3.63) is 40.9 Å². The zero-order valence-electron chi connectivity index (χ0n) is 12.5. The summed E-state index contributed by atoms with van der Waals surface area (Å²) in [7, 11) is 0. The highest BCUT2D eigenvalue weighted by Crippen LogP contribution is 2.18. The number of nitrogens with one attached hydrogen (secondary N) is 2. The van der Waals surface area contributed by atoms with Crippen LogP contribution in [0.25, 0.3) is 0 Å². The second-order valence-electron chi connectivity index (χ2n) is 4.72. The van der Waals surface area contributed by atoms with E-state index in [1.165, 1.54) is 11.3 Å². The molecule has 0 saturated heterocycles. The standard InChI is InChI=1S/C15H16N4O3S/c1-2-13(21)17-10-5-3-4-9(6-10)14(22)19-15-18-11(8-23-15)7-12(16)20/h3-6,8H,2,7H2,1H3,(H2,16,20)(H,17,21)(H,18,19,22). The van der Waals surface area contributed by atoms with Crippen LogP contribution in [0.5, 0.6) is 0 Å². The van der Waals surface area contributed by atoms with E-state index in [1.807, 2.05) is 0 Å². The summed E-state index contributed by atoms with van der Waals surface area (Å²) in [4.78, 5) is 38.5. The first-order valence-electron chi connectivity index (χ1n) is 6.92. The molecule has 0 aliphatic heterocycles. The van der Waals surface area contributed by atoms with Crippen LogP contribution in [-0.2, 0) is 16.0 Å². The lowest BCUT2D eigenvalue weighted by Crippen LogP contribution is -2.15. The fourth-order valence-corrected chi connectivity index (χ4v) is 2.49. The van der Waals surface area contributed by atoms with Crippen molar-refractivity contribution in [1.82, 2.24) is 4.98 Å². The van der Waals surface area contributed by atoms with Crippen molar-refractivity contribution in [1.29, 1.82) is 0 Å². The van der Waals surface area contributed by atoms with Crippen LogP contribution in [0.3, 0.4) is 0 Å². The molecule has 0 aliphatic carbocycles. The van der Waals surface area contributed by atoms with Crippen LogP contribution in [0, 0.1) is 0 Å². The summed E-state index contributed by atoms with van der Waals surface area (Å²) < 4.78 is 0. The van der Waals surface area contributed by atoms with E-state index in [0.29, 0.717) is 28.5 Å². The number of hydrogen-bond acceptors (Lipinski definition) is 5. The molecule has 1 aromatic carbocycles. The molecule has 0 radical (unpaired) electrons. The van der Waals surface area contributed by atoms with Crippen LogP contribution < -0.4 is 16.4 Å². The number of rotatable bonds is 6. The molecule has 0 aliphatic rings. The maximum atomic E-state index is 12.2. The Hall–Kier alpha value is -2.74. The van der Waals surface area contributed by atoms with Gasteiger partial charge in [-0.05, 0) is 18.2 Å². The van der Waals surface area contributed by atoms with Gasteiger partial charge < -0.3 is 11.1 Å². The average molecular weight is 332 g/mol. The average Bonchev–Trinajstić information content (AvgIpc) is 2.93. The van der Waals surface area contributed by atoms with Crippen LogP contribution in [0.1, 0.15) is 29.4 Å². The van der Waals surface area contributed by atoms with Gasteiger partial charge in [0.1, 0.15) is 0 Å². The Morgan fingerprint density at radius 2 is 2.04 bits per heavy atom. The SMILES string of the molecule is CCC(=O)Nc1cccc(C(=O)Nc2nc(CC(N)=O)cs2)c1. The van der Waals surface area contributed by atoms with Crippen LogP contribution >= 0.6 is 11.3 Å². The van der Waals surface area contributed by atoms with Crippen molar-refractivity contribution in [2.24, 2.45) is 5.73 Å². The van der Waals surface area contributed by atoms with Gasteiger partial charge in [0.15, 0.2) is 5.13 Å². The molecule has 1 aromatic heterocycles. The minimum atomic E-state index is -0.479. The molecule has 0 saturated carbocycles. The maximum Gasteiger partial charge on any atom is 0.257 e. The molecule has 120 valence electrons. The van der Waals surface area contributed by atoms with E-state index < -0.39 is 5.91 Å². The Kier molecular flexibility index (Phi) is 5.42. The molecule has 0 unspecified atom stereocenters. The van der Waals surface area contributed by atoms with Gasteiger partial charge in [-0.2, -0.15) is 0 Å². The molecule has 0 fully saturated rings. The van der Waals surface area contributed by atoms with Gasteiger partial charge in [0, 0.05) is 23.1 Å². The van der Waals surface area contributed by atoms with Crippen molar-refractivity contribution < 1.29 is 14.4 Å². The molecule has 7 nitrogen and oxygen atoms in total. The number of carbonyl (C=O) groups excluding carboxylic acids is 3. The number of benzene rings is 1. The van der Waals surface area contributed by atoms with E-state index in [9.17, 15) is 14.4 Å². The van der Waals surface area contributed by atoms with E-state index in [2.05, 4.69) is 15.6 Å². The van der Waals surface area contributed by atoms with Gasteiger partial charge in [-0.1, -0.05) is 13.0 Å². The number of primary amides is 1. The minimum Gasteiger partial charge on any atom is -0.369 e. The highest BCUT2D eigenvalue weighted by molar-refractivity contribution is 7.14. The Bertz CT molecular complexity index is 742. The predicted octanol–water partition coefficient (Wildman–Crippen LogP) is 1.77. The molecular formula is C15H16N4O3S. The highest BCUT2D eigenvalue weighted by Gasteiger charge is 2.11. The number of nitrogens with zero attached hydrogens (tertiary/aromatic N) is 1.